The van der Waals surface area contributed by atoms with Gasteiger partial charge in [0.1, 0.15) is 29.6 Å². The van der Waals surface area contributed by atoms with Gasteiger partial charge in [0, 0.05) is 17.5 Å². The maximum absolute atomic E-state index is 9.87. The number of benzene rings is 2. The number of allylic oxidation sites excluding steroid dienone is 3. The van der Waals surface area contributed by atoms with Gasteiger partial charge in [-0.1, -0.05) is 44.9 Å². The summed E-state index contributed by atoms with van der Waals surface area (Å²) in [4.78, 5) is 1.36. The van der Waals surface area contributed by atoms with Crippen molar-refractivity contribution in [1.29, 1.82) is 0 Å². The first kappa shape index (κ1) is 24.0. The molecule has 0 atom stereocenters. The van der Waals surface area contributed by atoms with Crippen LogP contribution in [0.25, 0.3) is 0 Å². The summed E-state index contributed by atoms with van der Waals surface area (Å²) in [6.07, 6.45) is 4.07. The van der Waals surface area contributed by atoms with Gasteiger partial charge < -0.3 is 20.1 Å². The number of halogens is 1. The summed E-state index contributed by atoms with van der Waals surface area (Å²) in [5.41, 5.74) is 2.51. The van der Waals surface area contributed by atoms with E-state index in [0.717, 1.165) is 15.8 Å². The highest BCUT2D eigenvalue weighted by molar-refractivity contribution is 9.09. The summed E-state index contributed by atoms with van der Waals surface area (Å²) >= 11 is 4.57. The van der Waals surface area contributed by atoms with Crippen molar-refractivity contribution in [3.05, 3.63) is 59.7 Å². The summed E-state index contributed by atoms with van der Waals surface area (Å²) in [5.74, 6) is 0.655. The number of aromatic hydroxyl groups is 3. The minimum Gasteiger partial charge on any atom is -0.508 e. The molecule has 0 unspecified atom stereocenters. The van der Waals surface area contributed by atoms with Crippen LogP contribution in [-0.4, -0.2) is 27.3 Å². The van der Waals surface area contributed by atoms with E-state index in [4.69, 9.17) is 4.74 Å². The van der Waals surface area contributed by atoms with Crippen LogP contribution in [0.2, 0.25) is 0 Å². The number of hydrogen-bond donors (Lipinski definition) is 3. The smallest absolute Gasteiger partial charge is 0.137 e. The van der Waals surface area contributed by atoms with E-state index < -0.39 is 0 Å². The second-order valence-electron chi connectivity index (χ2n) is 6.41. The first-order valence-electron chi connectivity index (χ1n) is 8.71. The van der Waals surface area contributed by atoms with Gasteiger partial charge in [0.05, 0.1) is 9.79 Å². The molecule has 2 aromatic carbocycles. The van der Waals surface area contributed by atoms with E-state index in [1.165, 1.54) is 29.5 Å². The van der Waals surface area contributed by atoms with Crippen LogP contribution in [0.1, 0.15) is 27.7 Å². The van der Waals surface area contributed by atoms with E-state index in [9.17, 15) is 15.3 Å². The molecule has 2 rings (SSSR count). The number of phenolic OH excluding ortho intramolecular Hbond substituents is 3. The Bertz CT molecular complexity index is 823. The highest BCUT2D eigenvalue weighted by Gasteiger charge is 2.10. The van der Waals surface area contributed by atoms with Crippen LogP contribution in [0.3, 0.4) is 0 Å². The monoisotopic (exact) mass is 466 g/mol. The number of phenols is 3. The molecule has 0 saturated carbocycles. The second kappa shape index (κ2) is 12.4. The molecule has 0 radical (unpaired) electrons. The zero-order chi connectivity index (χ0) is 21.1. The zero-order valence-corrected chi connectivity index (χ0v) is 19.0. The Labute approximate surface area is 179 Å². The van der Waals surface area contributed by atoms with Crippen molar-refractivity contribution >= 4 is 27.7 Å². The number of ether oxygens (including phenoxy) is 1. The fourth-order valence-corrected chi connectivity index (χ4v) is 3.40. The van der Waals surface area contributed by atoms with Gasteiger partial charge in [-0.2, -0.15) is 0 Å². The summed E-state index contributed by atoms with van der Waals surface area (Å²) in [6.45, 7) is 8.54. The van der Waals surface area contributed by atoms with Gasteiger partial charge in [-0.05, 0) is 58.0 Å². The molecule has 2 aromatic rings. The average Bonchev–Trinajstić information content (AvgIpc) is 2.59. The lowest BCUT2D eigenvalue weighted by molar-refractivity contribution is 0.350. The summed E-state index contributed by atoms with van der Waals surface area (Å²) in [5, 5.41) is 29.8. The molecule has 0 aliphatic carbocycles. The van der Waals surface area contributed by atoms with E-state index in [1.54, 1.807) is 24.3 Å². The lowest BCUT2D eigenvalue weighted by atomic mass is 10.3. The third kappa shape index (κ3) is 9.24. The normalized spacial score (nSPS) is 9.75. The van der Waals surface area contributed by atoms with Crippen molar-refractivity contribution in [1.82, 2.24) is 0 Å². The maximum atomic E-state index is 9.87. The predicted molar refractivity (Wildman–Crippen MR) is 120 cm³/mol. The third-order valence-corrected chi connectivity index (χ3v) is 4.75. The lowest BCUT2D eigenvalue weighted by Crippen LogP contribution is -1.95. The average molecular weight is 467 g/mol. The first-order valence-corrected chi connectivity index (χ1v) is 10.6. The minimum atomic E-state index is -0.00618. The highest BCUT2D eigenvalue weighted by Crippen LogP contribution is 2.41. The SMILES string of the molecule is CC(C)=CCBr.CC(C)=CCOc1cc(O)ccc1Sc1ccc(O)cc1O. The Morgan fingerprint density at radius 2 is 1.46 bits per heavy atom. The lowest BCUT2D eigenvalue weighted by Gasteiger charge is -2.11. The van der Waals surface area contributed by atoms with Gasteiger partial charge in [0.15, 0.2) is 0 Å². The van der Waals surface area contributed by atoms with Gasteiger partial charge in [-0.25, -0.2) is 0 Å². The first-order chi connectivity index (χ1) is 13.2. The Morgan fingerprint density at radius 1 is 0.893 bits per heavy atom. The molecule has 0 amide bonds. The molecule has 0 aliphatic heterocycles. The van der Waals surface area contributed by atoms with E-state index in [1.807, 2.05) is 19.9 Å². The summed E-state index contributed by atoms with van der Waals surface area (Å²) in [6, 6.07) is 9.25. The molecular formula is C22H27BrO4S. The Balaban J connectivity index is 0.000000568. The second-order valence-corrected chi connectivity index (χ2v) is 8.14. The molecule has 0 fully saturated rings. The topological polar surface area (TPSA) is 69.9 Å². The molecule has 0 bridgehead atoms. The number of rotatable bonds is 6. The molecule has 0 spiro atoms. The molecule has 152 valence electrons. The van der Waals surface area contributed by atoms with Crippen LogP contribution in [0.4, 0.5) is 0 Å². The molecule has 28 heavy (non-hydrogen) atoms. The van der Waals surface area contributed by atoms with Crippen molar-refractivity contribution in [2.75, 3.05) is 11.9 Å². The molecular weight excluding hydrogens is 440 g/mol. The standard InChI is InChI=1S/C17H18O4S.C5H9Br/c1-11(2)7-8-21-15-10-13(19)4-6-17(15)22-16-5-3-12(18)9-14(16)20;1-5(2)3-4-6/h3-7,9-10,18-20H,8H2,1-2H3;3H,4H2,1-2H3. The van der Waals surface area contributed by atoms with Gasteiger partial charge in [0.25, 0.3) is 0 Å². The molecule has 3 N–H and O–H groups in total. The van der Waals surface area contributed by atoms with Crippen molar-refractivity contribution < 1.29 is 20.1 Å². The van der Waals surface area contributed by atoms with Crippen LogP contribution in [0, 0.1) is 0 Å². The Morgan fingerprint density at radius 3 is 1.96 bits per heavy atom. The maximum Gasteiger partial charge on any atom is 0.137 e. The highest BCUT2D eigenvalue weighted by atomic mass is 79.9. The summed E-state index contributed by atoms with van der Waals surface area (Å²) < 4.78 is 5.68. The van der Waals surface area contributed by atoms with E-state index >= 15 is 0 Å². The van der Waals surface area contributed by atoms with E-state index in [2.05, 4.69) is 35.9 Å². The van der Waals surface area contributed by atoms with Crippen molar-refractivity contribution in [2.24, 2.45) is 0 Å². The van der Waals surface area contributed by atoms with Crippen LogP contribution < -0.4 is 4.74 Å². The quantitative estimate of drug-likeness (QED) is 0.328. The number of hydrogen-bond acceptors (Lipinski definition) is 5. The molecule has 0 aromatic heterocycles. The largest absolute Gasteiger partial charge is 0.508 e. The molecule has 0 saturated heterocycles. The van der Waals surface area contributed by atoms with Gasteiger partial charge in [0.2, 0.25) is 0 Å². The van der Waals surface area contributed by atoms with Crippen molar-refractivity contribution in [3.8, 4) is 23.0 Å². The zero-order valence-electron chi connectivity index (χ0n) is 16.6. The summed E-state index contributed by atoms with van der Waals surface area (Å²) in [7, 11) is 0. The van der Waals surface area contributed by atoms with Crippen molar-refractivity contribution in [2.45, 2.75) is 37.5 Å². The van der Waals surface area contributed by atoms with Crippen molar-refractivity contribution in [3.63, 3.8) is 0 Å². The van der Waals surface area contributed by atoms with Gasteiger partial charge in [-0.3, -0.25) is 0 Å². The fourth-order valence-electron chi connectivity index (χ4n) is 1.86. The molecule has 0 heterocycles. The molecule has 0 aliphatic rings. The fraction of sp³-hybridized carbons (Fsp3) is 0.273. The third-order valence-electron chi connectivity index (χ3n) is 3.31. The van der Waals surface area contributed by atoms with E-state index in [-0.39, 0.29) is 17.2 Å². The van der Waals surface area contributed by atoms with Crippen LogP contribution >= 0.6 is 27.7 Å². The van der Waals surface area contributed by atoms with Crippen LogP contribution in [-0.2, 0) is 0 Å². The van der Waals surface area contributed by atoms with Crippen LogP contribution in [0.5, 0.6) is 23.0 Å². The molecule has 4 nitrogen and oxygen atoms in total. The van der Waals surface area contributed by atoms with Gasteiger partial charge in [-0.15, -0.1) is 0 Å². The van der Waals surface area contributed by atoms with Crippen LogP contribution in [0.15, 0.2) is 69.5 Å². The molecule has 6 heteroatoms. The van der Waals surface area contributed by atoms with Gasteiger partial charge >= 0.3 is 0 Å². The number of alkyl halides is 1. The minimum absolute atomic E-state index is 0.00618. The predicted octanol–water partition coefficient (Wildman–Crippen LogP) is 6.65. The Kier molecular flexibility index (Phi) is 10.6. The Hall–Kier alpha value is -2.05. The van der Waals surface area contributed by atoms with E-state index in [0.29, 0.717) is 17.3 Å².